The minimum absolute atomic E-state index is 0.133. The second kappa shape index (κ2) is 5.61. The van der Waals surface area contributed by atoms with E-state index < -0.39 is 0 Å². The van der Waals surface area contributed by atoms with Crippen LogP contribution in [0.1, 0.15) is 43.0 Å². The molecule has 1 fully saturated rings. The molecule has 0 radical (unpaired) electrons. The zero-order chi connectivity index (χ0) is 13.1. The molecule has 0 aromatic heterocycles. The molecule has 3 nitrogen and oxygen atoms in total. The van der Waals surface area contributed by atoms with Crippen LogP contribution in [0.15, 0.2) is 18.2 Å². The maximum atomic E-state index is 12.1. The summed E-state index contributed by atoms with van der Waals surface area (Å²) in [5, 5.41) is 3.37. The van der Waals surface area contributed by atoms with Crippen molar-refractivity contribution in [2.75, 3.05) is 5.73 Å². The normalized spacial score (nSPS) is 17.7. The molecule has 1 aromatic carbocycles. The molecule has 18 heavy (non-hydrogen) atoms. The minimum Gasteiger partial charge on any atom is -0.398 e. The number of hydrogen-bond donors (Lipinski definition) is 2. The molecule has 0 bridgehead atoms. The molecule has 0 spiro atoms. The first-order chi connectivity index (χ1) is 8.59. The van der Waals surface area contributed by atoms with Gasteiger partial charge < -0.3 is 11.1 Å². The number of carbonyl (C=O) groups is 1. The molecule has 0 saturated heterocycles. The summed E-state index contributed by atoms with van der Waals surface area (Å²) in [6.45, 7) is 2.06. The molecule has 1 unspecified atom stereocenters. The highest BCUT2D eigenvalue weighted by molar-refractivity contribution is 6.36. The fraction of sp³-hybridized carbons (Fsp3) is 0.500. The van der Waals surface area contributed by atoms with Crippen LogP contribution in [0.2, 0.25) is 5.02 Å². The van der Waals surface area contributed by atoms with Gasteiger partial charge in [0.15, 0.2) is 0 Å². The van der Waals surface area contributed by atoms with E-state index in [1.54, 1.807) is 18.2 Å². The molecular formula is C14H19ClN2O. The Labute approximate surface area is 113 Å². The average molecular weight is 267 g/mol. The highest BCUT2D eigenvalue weighted by Crippen LogP contribution is 2.28. The van der Waals surface area contributed by atoms with E-state index >= 15 is 0 Å². The third-order valence-electron chi connectivity index (χ3n) is 3.74. The summed E-state index contributed by atoms with van der Waals surface area (Å²) >= 11 is 6.05. The van der Waals surface area contributed by atoms with Crippen LogP contribution in [0.3, 0.4) is 0 Å². The number of hydrogen-bond acceptors (Lipinski definition) is 2. The minimum atomic E-state index is -0.133. The monoisotopic (exact) mass is 266 g/mol. The van der Waals surface area contributed by atoms with Crippen molar-refractivity contribution >= 4 is 23.2 Å². The van der Waals surface area contributed by atoms with Gasteiger partial charge in [-0.2, -0.15) is 0 Å². The lowest BCUT2D eigenvalue weighted by atomic mass is 9.99. The highest BCUT2D eigenvalue weighted by atomic mass is 35.5. The Balaban J connectivity index is 2.05. The molecular weight excluding hydrogens is 248 g/mol. The van der Waals surface area contributed by atoms with E-state index in [4.69, 9.17) is 17.3 Å². The number of anilines is 1. The van der Waals surface area contributed by atoms with E-state index in [1.807, 2.05) is 0 Å². The number of benzene rings is 1. The van der Waals surface area contributed by atoms with E-state index in [-0.39, 0.29) is 11.9 Å². The molecule has 1 aliphatic rings. The standard InChI is InChI=1S/C14H19ClN2O/c1-9(10-5-2-3-6-10)17-14(18)11-7-4-8-12(16)13(11)15/h4,7-10H,2-3,5-6,16H2,1H3,(H,17,18). The molecule has 4 heteroatoms. The van der Waals surface area contributed by atoms with Gasteiger partial charge in [0.05, 0.1) is 16.3 Å². The van der Waals surface area contributed by atoms with E-state index in [2.05, 4.69) is 12.2 Å². The molecule has 0 heterocycles. The molecule has 1 amide bonds. The Morgan fingerprint density at radius 3 is 2.78 bits per heavy atom. The fourth-order valence-electron chi connectivity index (χ4n) is 2.58. The first-order valence-electron chi connectivity index (χ1n) is 6.44. The highest BCUT2D eigenvalue weighted by Gasteiger charge is 2.23. The van der Waals surface area contributed by atoms with Gasteiger partial charge in [-0.25, -0.2) is 0 Å². The maximum absolute atomic E-state index is 12.1. The lowest BCUT2D eigenvalue weighted by molar-refractivity contribution is 0.0927. The van der Waals surface area contributed by atoms with E-state index in [0.717, 1.165) is 0 Å². The molecule has 2 rings (SSSR count). The Morgan fingerprint density at radius 2 is 2.11 bits per heavy atom. The summed E-state index contributed by atoms with van der Waals surface area (Å²) in [5.41, 5.74) is 6.60. The number of carbonyl (C=O) groups excluding carboxylic acids is 1. The van der Waals surface area contributed by atoms with Crippen LogP contribution in [-0.4, -0.2) is 11.9 Å². The number of rotatable bonds is 3. The summed E-state index contributed by atoms with van der Waals surface area (Å²) in [6.07, 6.45) is 4.94. The van der Waals surface area contributed by atoms with Gasteiger partial charge in [-0.1, -0.05) is 30.5 Å². The molecule has 1 atom stereocenters. The third kappa shape index (κ3) is 2.78. The average Bonchev–Trinajstić information content (AvgIpc) is 2.86. The zero-order valence-corrected chi connectivity index (χ0v) is 11.3. The van der Waals surface area contributed by atoms with Gasteiger partial charge in [0.1, 0.15) is 0 Å². The van der Waals surface area contributed by atoms with Gasteiger partial charge in [-0.05, 0) is 37.8 Å². The van der Waals surface area contributed by atoms with Crippen molar-refractivity contribution in [3.05, 3.63) is 28.8 Å². The second-order valence-corrected chi connectivity index (χ2v) is 5.39. The summed E-state index contributed by atoms with van der Waals surface area (Å²) in [6, 6.07) is 5.34. The lowest BCUT2D eigenvalue weighted by Crippen LogP contribution is -2.37. The second-order valence-electron chi connectivity index (χ2n) is 5.02. The Morgan fingerprint density at radius 1 is 1.44 bits per heavy atom. The van der Waals surface area contributed by atoms with Gasteiger partial charge in [0.25, 0.3) is 5.91 Å². The first kappa shape index (κ1) is 13.2. The van der Waals surface area contributed by atoms with Gasteiger partial charge in [-0.15, -0.1) is 0 Å². The molecule has 0 aliphatic heterocycles. The molecule has 98 valence electrons. The maximum Gasteiger partial charge on any atom is 0.253 e. The fourth-order valence-corrected chi connectivity index (χ4v) is 2.80. The van der Waals surface area contributed by atoms with Crippen LogP contribution in [0.4, 0.5) is 5.69 Å². The summed E-state index contributed by atoms with van der Waals surface area (Å²) in [4.78, 5) is 12.1. The van der Waals surface area contributed by atoms with Gasteiger partial charge in [0.2, 0.25) is 0 Å². The molecule has 1 aliphatic carbocycles. The molecule has 1 saturated carbocycles. The van der Waals surface area contributed by atoms with Gasteiger partial charge >= 0.3 is 0 Å². The molecule has 3 N–H and O–H groups in total. The van der Waals surface area contributed by atoms with Crippen molar-refractivity contribution < 1.29 is 4.79 Å². The first-order valence-corrected chi connectivity index (χ1v) is 6.82. The van der Waals surface area contributed by atoms with E-state index in [1.165, 1.54) is 25.7 Å². The third-order valence-corrected chi connectivity index (χ3v) is 4.16. The van der Waals surface area contributed by atoms with Crippen molar-refractivity contribution in [1.29, 1.82) is 0 Å². The Hall–Kier alpha value is -1.22. The predicted octanol–water partition coefficient (Wildman–Crippen LogP) is 3.23. The van der Waals surface area contributed by atoms with Crippen molar-refractivity contribution in [3.8, 4) is 0 Å². The number of nitrogens with one attached hydrogen (secondary N) is 1. The van der Waals surface area contributed by atoms with Crippen LogP contribution < -0.4 is 11.1 Å². The number of amides is 1. The van der Waals surface area contributed by atoms with Crippen molar-refractivity contribution in [1.82, 2.24) is 5.32 Å². The lowest BCUT2D eigenvalue weighted by Gasteiger charge is -2.20. The largest absolute Gasteiger partial charge is 0.398 e. The number of halogens is 1. The van der Waals surface area contributed by atoms with Crippen LogP contribution >= 0.6 is 11.6 Å². The number of nitrogen functional groups attached to an aromatic ring is 1. The Bertz CT molecular complexity index is 441. The van der Waals surface area contributed by atoms with Crippen LogP contribution in [0, 0.1) is 5.92 Å². The smallest absolute Gasteiger partial charge is 0.253 e. The van der Waals surface area contributed by atoms with Crippen LogP contribution in [-0.2, 0) is 0 Å². The number of nitrogens with two attached hydrogens (primary N) is 1. The van der Waals surface area contributed by atoms with Crippen molar-refractivity contribution in [2.45, 2.75) is 38.6 Å². The van der Waals surface area contributed by atoms with Gasteiger partial charge in [0, 0.05) is 6.04 Å². The topological polar surface area (TPSA) is 55.1 Å². The summed E-state index contributed by atoms with van der Waals surface area (Å²) < 4.78 is 0. The Kier molecular flexibility index (Phi) is 4.12. The van der Waals surface area contributed by atoms with Crippen LogP contribution in [0.5, 0.6) is 0 Å². The summed E-state index contributed by atoms with van der Waals surface area (Å²) in [7, 11) is 0. The molecule has 1 aromatic rings. The quantitative estimate of drug-likeness (QED) is 0.826. The van der Waals surface area contributed by atoms with Crippen molar-refractivity contribution in [3.63, 3.8) is 0 Å². The predicted molar refractivity (Wildman–Crippen MR) is 74.8 cm³/mol. The van der Waals surface area contributed by atoms with Gasteiger partial charge in [-0.3, -0.25) is 4.79 Å². The zero-order valence-electron chi connectivity index (χ0n) is 10.6. The SMILES string of the molecule is CC(NC(=O)c1cccc(N)c1Cl)C1CCCC1. The van der Waals surface area contributed by atoms with Crippen LogP contribution in [0.25, 0.3) is 0 Å². The van der Waals surface area contributed by atoms with Crippen molar-refractivity contribution in [2.24, 2.45) is 5.92 Å². The van der Waals surface area contributed by atoms with E-state index in [0.29, 0.717) is 22.2 Å². The summed E-state index contributed by atoms with van der Waals surface area (Å²) in [5.74, 6) is 0.459. The van der Waals surface area contributed by atoms with E-state index in [9.17, 15) is 4.79 Å².